The van der Waals surface area contributed by atoms with Crippen LogP contribution in [0, 0.1) is 12.8 Å². The largest absolute Gasteiger partial charge is 0.342 e. The molecule has 3 heterocycles. The van der Waals surface area contributed by atoms with Gasteiger partial charge in [-0.1, -0.05) is 32.9 Å². The summed E-state index contributed by atoms with van der Waals surface area (Å²) in [6, 6.07) is 2.47. The minimum absolute atomic E-state index is 0.296. The first-order valence-corrected chi connectivity index (χ1v) is 9.97. The van der Waals surface area contributed by atoms with Crippen molar-refractivity contribution in [1.29, 1.82) is 0 Å². The second-order valence-electron chi connectivity index (χ2n) is 7.52. The molecule has 3 rings (SSSR count). The Morgan fingerprint density at radius 1 is 1.38 bits per heavy atom. The molecule has 1 fully saturated rings. The predicted octanol–water partition coefficient (Wildman–Crippen LogP) is 4.98. The number of carbonyl (C=O) groups is 1. The van der Waals surface area contributed by atoms with Crippen molar-refractivity contribution in [3.8, 4) is 0 Å². The molecule has 2 atom stereocenters. The van der Waals surface area contributed by atoms with E-state index in [1.54, 1.807) is 0 Å². The van der Waals surface area contributed by atoms with Crippen LogP contribution in [0.1, 0.15) is 63.8 Å². The monoisotopic (exact) mass is 353 g/mol. The average molecular weight is 354 g/mol. The molecule has 0 aliphatic carbocycles. The zero-order valence-electron chi connectivity index (χ0n) is 16.5. The minimum atomic E-state index is 0.296. The summed E-state index contributed by atoms with van der Waals surface area (Å²) in [5.41, 5.74) is 3.52. The molecule has 0 saturated carbocycles. The maximum atomic E-state index is 12.4. The molecule has 0 spiro atoms. The van der Waals surface area contributed by atoms with Crippen LogP contribution in [0.25, 0.3) is 17.0 Å². The van der Waals surface area contributed by atoms with E-state index in [0.29, 0.717) is 24.3 Å². The second-order valence-corrected chi connectivity index (χ2v) is 7.52. The highest BCUT2D eigenvalue weighted by Crippen LogP contribution is 2.33. The second kappa shape index (κ2) is 8.07. The molecule has 4 heteroatoms. The summed E-state index contributed by atoms with van der Waals surface area (Å²) in [4.78, 5) is 19.1. The van der Waals surface area contributed by atoms with Gasteiger partial charge < -0.3 is 9.47 Å². The van der Waals surface area contributed by atoms with E-state index in [-0.39, 0.29) is 0 Å². The van der Waals surface area contributed by atoms with Crippen LogP contribution in [0.2, 0.25) is 0 Å². The number of pyridine rings is 1. The Morgan fingerprint density at radius 2 is 2.19 bits per heavy atom. The number of allylic oxidation sites excluding steroid dienone is 1. The van der Waals surface area contributed by atoms with Crippen LogP contribution in [0.5, 0.6) is 0 Å². The van der Waals surface area contributed by atoms with E-state index in [1.807, 2.05) is 6.20 Å². The van der Waals surface area contributed by atoms with Crippen LogP contribution in [-0.2, 0) is 4.79 Å². The SMILES string of the molecule is CC/C=C\c1c(C)ncc2ccn(C3CN(C(=O)CCC)CCC3C)c12. The highest BCUT2D eigenvalue weighted by atomic mass is 16.2. The van der Waals surface area contributed by atoms with Crippen LogP contribution >= 0.6 is 0 Å². The molecule has 2 aromatic rings. The summed E-state index contributed by atoms with van der Waals surface area (Å²) >= 11 is 0. The van der Waals surface area contributed by atoms with Crippen molar-refractivity contribution < 1.29 is 4.79 Å². The average Bonchev–Trinajstić information content (AvgIpc) is 3.05. The predicted molar refractivity (Wildman–Crippen MR) is 108 cm³/mol. The zero-order chi connectivity index (χ0) is 18.7. The third-order valence-electron chi connectivity index (χ3n) is 5.60. The molecule has 0 N–H and O–H groups in total. The number of aryl methyl sites for hydroxylation is 1. The standard InChI is InChI=1S/C22H31N3O/c1-5-7-9-19-17(4)23-14-18-11-13-25(22(18)19)20-15-24(12-10-16(20)3)21(26)8-6-2/h7,9,11,13-14,16,20H,5-6,8,10,12,15H2,1-4H3/b9-7-. The molecule has 1 aliphatic heterocycles. The Morgan fingerprint density at radius 3 is 2.92 bits per heavy atom. The molecule has 1 aliphatic rings. The van der Waals surface area contributed by atoms with Gasteiger partial charge in [-0.3, -0.25) is 9.78 Å². The van der Waals surface area contributed by atoms with E-state index in [2.05, 4.69) is 66.6 Å². The molecule has 0 bridgehead atoms. The van der Waals surface area contributed by atoms with Crippen molar-refractivity contribution in [3.63, 3.8) is 0 Å². The van der Waals surface area contributed by atoms with Gasteiger partial charge >= 0.3 is 0 Å². The first-order chi connectivity index (χ1) is 12.6. The fourth-order valence-electron chi connectivity index (χ4n) is 3.99. The van der Waals surface area contributed by atoms with E-state index in [1.165, 1.54) is 16.5 Å². The lowest BCUT2D eigenvalue weighted by Crippen LogP contribution is -2.43. The van der Waals surface area contributed by atoms with Gasteiger partial charge in [0, 0.05) is 48.5 Å². The van der Waals surface area contributed by atoms with Crippen molar-refractivity contribution in [2.75, 3.05) is 13.1 Å². The van der Waals surface area contributed by atoms with Crippen molar-refractivity contribution in [1.82, 2.24) is 14.5 Å². The lowest BCUT2D eigenvalue weighted by atomic mass is 9.92. The van der Waals surface area contributed by atoms with Gasteiger partial charge in [0.25, 0.3) is 0 Å². The fourth-order valence-corrected chi connectivity index (χ4v) is 3.99. The van der Waals surface area contributed by atoms with E-state index < -0.39 is 0 Å². The number of likely N-dealkylation sites (tertiary alicyclic amines) is 1. The number of nitrogens with zero attached hydrogens (tertiary/aromatic N) is 3. The molecule has 2 aromatic heterocycles. The maximum absolute atomic E-state index is 12.4. The molecule has 1 saturated heterocycles. The smallest absolute Gasteiger partial charge is 0.222 e. The van der Waals surface area contributed by atoms with Crippen LogP contribution in [0.15, 0.2) is 24.5 Å². The Balaban J connectivity index is 2.02. The van der Waals surface area contributed by atoms with Crippen LogP contribution in [0.3, 0.4) is 0 Å². The zero-order valence-corrected chi connectivity index (χ0v) is 16.5. The number of amides is 1. The minimum Gasteiger partial charge on any atom is -0.342 e. The van der Waals surface area contributed by atoms with Gasteiger partial charge in [-0.25, -0.2) is 0 Å². The van der Waals surface area contributed by atoms with Crippen LogP contribution < -0.4 is 0 Å². The van der Waals surface area contributed by atoms with Gasteiger partial charge in [0.15, 0.2) is 0 Å². The number of aromatic nitrogens is 2. The number of fused-ring (bicyclic) bond motifs is 1. The Bertz CT molecular complexity index is 805. The third-order valence-corrected chi connectivity index (χ3v) is 5.60. The quantitative estimate of drug-likeness (QED) is 0.760. The number of hydrogen-bond acceptors (Lipinski definition) is 2. The summed E-state index contributed by atoms with van der Waals surface area (Å²) in [7, 11) is 0. The van der Waals surface area contributed by atoms with Gasteiger partial charge in [-0.15, -0.1) is 0 Å². The lowest BCUT2D eigenvalue weighted by molar-refractivity contribution is -0.133. The highest BCUT2D eigenvalue weighted by molar-refractivity contribution is 5.89. The molecule has 2 unspecified atom stereocenters. The van der Waals surface area contributed by atoms with Crippen molar-refractivity contribution in [2.45, 2.75) is 59.4 Å². The fraction of sp³-hybridized carbons (Fsp3) is 0.545. The topological polar surface area (TPSA) is 38.1 Å². The number of piperidine rings is 1. The third kappa shape index (κ3) is 3.55. The van der Waals surface area contributed by atoms with Gasteiger partial charge in [-0.05, 0) is 38.2 Å². The molecule has 0 radical (unpaired) electrons. The molecular formula is C22H31N3O. The summed E-state index contributed by atoms with van der Waals surface area (Å²) in [6.07, 6.45) is 12.2. The van der Waals surface area contributed by atoms with Crippen molar-refractivity contribution in [3.05, 3.63) is 35.8 Å². The van der Waals surface area contributed by atoms with Crippen molar-refractivity contribution >= 4 is 22.9 Å². The summed E-state index contributed by atoms with van der Waals surface area (Å²) in [6.45, 7) is 10.3. The van der Waals surface area contributed by atoms with Gasteiger partial charge in [0.1, 0.15) is 0 Å². The van der Waals surface area contributed by atoms with E-state index in [9.17, 15) is 4.79 Å². The molecule has 140 valence electrons. The number of rotatable bonds is 5. The van der Waals surface area contributed by atoms with Crippen LogP contribution in [0.4, 0.5) is 0 Å². The first kappa shape index (κ1) is 18.7. The molecule has 0 aromatic carbocycles. The summed E-state index contributed by atoms with van der Waals surface area (Å²) in [5.74, 6) is 0.845. The Kier molecular flexibility index (Phi) is 5.80. The van der Waals surface area contributed by atoms with Gasteiger partial charge in [0.2, 0.25) is 5.91 Å². The van der Waals surface area contributed by atoms with Gasteiger partial charge in [0.05, 0.1) is 11.6 Å². The maximum Gasteiger partial charge on any atom is 0.222 e. The first-order valence-electron chi connectivity index (χ1n) is 9.97. The molecule has 4 nitrogen and oxygen atoms in total. The molecule has 26 heavy (non-hydrogen) atoms. The normalized spacial score (nSPS) is 21.0. The van der Waals surface area contributed by atoms with Crippen molar-refractivity contribution in [2.24, 2.45) is 5.92 Å². The van der Waals surface area contributed by atoms with E-state index >= 15 is 0 Å². The Labute approximate surface area is 156 Å². The molecule has 1 amide bonds. The number of hydrogen-bond donors (Lipinski definition) is 0. The van der Waals surface area contributed by atoms with E-state index in [4.69, 9.17) is 0 Å². The Hall–Kier alpha value is -2.10. The molecular weight excluding hydrogens is 322 g/mol. The summed E-state index contributed by atoms with van der Waals surface area (Å²) in [5, 5.41) is 1.18. The van der Waals surface area contributed by atoms with Gasteiger partial charge in [-0.2, -0.15) is 0 Å². The van der Waals surface area contributed by atoms with E-state index in [0.717, 1.165) is 38.0 Å². The summed E-state index contributed by atoms with van der Waals surface area (Å²) < 4.78 is 2.40. The van der Waals surface area contributed by atoms with Crippen LogP contribution in [-0.4, -0.2) is 33.4 Å². The number of carbonyl (C=O) groups excluding carboxylic acids is 1. The lowest BCUT2D eigenvalue weighted by Gasteiger charge is -2.38. The highest BCUT2D eigenvalue weighted by Gasteiger charge is 2.30.